The average Bonchev–Trinajstić information content (AvgIpc) is 2.52. The fourth-order valence-corrected chi connectivity index (χ4v) is 2.13. The van der Waals surface area contributed by atoms with Crippen LogP contribution in [0.15, 0.2) is 53.7 Å². The van der Waals surface area contributed by atoms with Gasteiger partial charge in [0, 0.05) is 11.8 Å². The predicted molar refractivity (Wildman–Crippen MR) is 76.7 cm³/mol. The van der Waals surface area contributed by atoms with Crippen molar-refractivity contribution in [2.45, 2.75) is 5.03 Å². The van der Waals surface area contributed by atoms with E-state index in [0.717, 1.165) is 0 Å². The van der Waals surface area contributed by atoms with Gasteiger partial charge in [-0.05, 0) is 36.4 Å². The molecule has 108 valence electrons. The smallest absolute Gasteiger partial charge is 0.316 e. The van der Waals surface area contributed by atoms with Gasteiger partial charge in [-0.25, -0.2) is 9.37 Å². The number of hydrogen-bond donors (Lipinski definition) is 0. The SMILES string of the molecule is O=C(CSc1ccccn1)OCC(=O)c1ccc(F)cc1. The van der Waals surface area contributed by atoms with Crippen LogP contribution in [0.25, 0.3) is 0 Å². The van der Waals surface area contributed by atoms with Gasteiger partial charge in [-0.3, -0.25) is 9.59 Å². The normalized spacial score (nSPS) is 10.1. The van der Waals surface area contributed by atoms with Gasteiger partial charge in [0.25, 0.3) is 0 Å². The van der Waals surface area contributed by atoms with Crippen molar-refractivity contribution in [1.29, 1.82) is 0 Å². The van der Waals surface area contributed by atoms with Gasteiger partial charge in [-0.1, -0.05) is 17.8 Å². The Labute approximate surface area is 125 Å². The van der Waals surface area contributed by atoms with E-state index in [0.29, 0.717) is 10.6 Å². The van der Waals surface area contributed by atoms with E-state index >= 15 is 0 Å². The van der Waals surface area contributed by atoms with Crippen LogP contribution < -0.4 is 0 Å². The maximum atomic E-state index is 12.7. The molecule has 6 heteroatoms. The molecular weight excluding hydrogens is 293 g/mol. The molecule has 21 heavy (non-hydrogen) atoms. The fraction of sp³-hybridized carbons (Fsp3) is 0.133. The number of hydrogen-bond acceptors (Lipinski definition) is 5. The molecule has 0 bridgehead atoms. The van der Waals surface area contributed by atoms with E-state index in [9.17, 15) is 14.0 Å². The molecule has 0 saturated carbocycles. The Balaban J connectivity index is 1.76. The van der Waals surface area contributed by atoms with Gasteiger partial charge in [-0.2, -0.15) is 0 Å². The number of carbonyl (C=O) groups excluding carboxylic acids is 2. The van der Waals surface area contributed by atoms with E-state index in [1.807, 2.05) is 6.07 Å². The summed E-state index contributed by atoms with van der Waals surface area (Å²) in [4.78, 5) is 27.3. The first kappa shape index (κ1) is 15.2. The maximum absolute atomic E-state index is 12.7. The molecule has 0 aliphatic carbocycles. The Bertz CT molecular complexity index is 617. The summed E-state index contributed by atoms with van der Waals surface area (Å²) in [6.45, 7) is -0.354. The van der Waals surface area contributed by atoms with Crippen LogP contribution >= 0.6 is 11.8 Å². The molecule has 4 nitrogen and oxygen atoms in total. The number of thioether (sulfide) groups is 1. The molecule has 0 aliphatic rings. The Hall–Kier alpha value is -2.21. The van der Waals surface area contributed by atoms with Crippen LogP contribution in [0.4, 0.5) is 4.39 Å². The average molecular weight is 305 g/mol. The van der Waals surface area contributed by atoms with Crippen molar-refractivity contribution < 1.29 is 18.7 Å². The number of aromatic nitrogens is 1. The molecule has 1 heterocycles. The van der Waals surface area contributed by atoms with E-state index in [4.69, 9.17) is 4.74 Å². The highest BCUT2D eigenvalue weighted by Crippen LogP contribution is 2.14. The van der Waals surface area contributed by atoms with Gasteiger partial charge in [0.2, 0.25) is 0 Å². The lowest BCUT2D eigenvalue weighted by atomic mass is 10.1. The summed E-state index contributed by atoms with van der Waals surface area (Å²) in [5, 5.41) is 0.708. The highest BCUT2D eigenvalue weighted by Gasteiger charge is 2.10. The molecule has 2 aromatic rings. The second-order valence-electron chi connectivity index (χ2n) is 4.05. The van der Waals surface area contributed by atoms with Crippen LogP contribution in [0.5, 0.6) is 0 Å². The molecule has 2 rings (SSSR count). The summed E-state index contributed by atoms with van der Waals surface area (Å²) in [5.74, 6) is -1.21. The number of pyridine rings is 1. The van der Waals surface area contributed by atoms with E-state index in [2.05, 4.69) is 4.98 Å². The Morgan fingerprint density at radius 1 is 1.14 bits per heavy atom. The highest BCUT2D eigenvalue weighted by atomic mass is 32.2. The Morgan fingerprint density at radius 2 is 1.90 bits per heavy atom. The zero-order valence-corrected chi connectivity index (χ0v) is 11.8. The largest absolute Gasteiger partial charge is 0.457 e. The van der Waals surface area contributed by atoms with Gasteiger partial charge < -0.3 is 4.74 Å². The van der Waals surface area contributed by atoms with Crippen molar-refractivity contribution in [2.75, 3.05) is 12.4 Å². The number of esters is 1. The molecule has 0 unspecified atom stereocenters. The minimum atomic E-state index is -0.499. The number of ether oxygens (including phenoxy) is 1. The van der Waals surface area contributed by atoms with Crippen LogP contribution in [0.2, 0.25) is 0 Å². The van der Waals surface area contributed by atoms with Crippen molar-refractivity contribution in [3.63, 3.8) is 0 Å². The summed E-state index contributed by atoms with van der Waals surface area (Å²) >= 11 is 1.23. The van der Waals surface area contributed by atoms with Gasteiger partial charge in [0.1, 0.15) is 5.82 Å². The first-order chi connectivity index (χ1) is 10.1. The maximum Gasteiger partial charge on any atom is 0.316 e. The third-order valence-corrected chi connectivity index (χ3v) is 3.42. The number of nitrogens with zero attached hydrogens (tertiary/aromatic N) is 1. The molecule has 1 aromatic heterocycles. The second kappa shape index (κ2) is 7.54. The van der Waals surface area contributed by atoms with E-state index in [1.165, 1.54) is 36.0 Å². The van der Waals surface area contributed by atoms with Crippen molar-refractivity contribution in [1.82, 2.24) is 4.98 Å². The highest BCUT2D eigenvalue weighted by molar-refractivity contribution is 7.99. The summed E-state index contributed by atoms with van der Waals surface area (Å²) < 4.78 is 17.6. The van der Waals surface area contributed by atoms with Crippen molar-refractivity contribution >= 4 is 23.5 Å². The molecule has 0 amide bonds. The van der Waals surface area contributed by atoms with Crippen LogP contribution in [-0.4, -0.2) is 29.1 Å². The molecular formula is C15H12FNO3S. The van der Waals surface area contributed by atoms with Crippen LogP contribution in [-0.2, 0) is 9.53 Å². The number of carbonyl (C=O) groups is 2. The molecule has 0 fully saturated rings. The summed E-state index contributed by atoms with van der Waals surface area (Å²) in [5.41, 5.74) is 0.307. The molecule has 0 radical (unpaired) electrons. The summed E-state index contributed by atoms with van der Waals surface area (Å²) in [7, 11) is 0. The van der Waals surface area contributed by atoms with Gasteiger partial charge in [0.05, 0.1) is 10.8 Å². The van der Waals surface area contributed by atoms with Crippen molar-refractivity contribution in [3.8, 4) is 0 Å². The lowest BCUT2D eigenvalue weighted by molar-refractivity contribution is -0.139. The first-order valence-corrected chi connectivity index (χ1v) is 7.12. The molecule has 0 saturated heterocycles. The monoisotopic (exact) mass is 305 g/mol. The second-order valence-corrected chi connectivity index (χ2v) is 5.04. The molecule has 1 aromatic carbocycles. The van der Waals surface area contributed by atoms with Crippen LogP contribution in [0.3, 0.4) is 0 Å². The topological polar surface area (TPSA) is 56.3 Å². The fourth-order valence-electron chi connectivity index (χ4n) is 1.47. The third kappa shape index (κ3) is 5.00. The zero-order chi connectivity index (χ0) is 15.1. The van der Waals surface area contributed by atoms with Crippen molar-refractivity contribution in [2.24, 2.45) is 0 Å². The molecule has 0 aliphatic heterocycles. The molecule has 0 N–H and O–H groups in total. The van der Waals surface area contributed by atoms with Crippen LogP contribution in [0.1, 0.15) is 10.4 Å². The molecule has 0 spiro atoms. The number of ketones is 1. The van der Waals surface area contributed by atoms with Crippen molar-refractivity contribution in [3.05, 3.63) is 60.0 Å². The first-order valence-electron chi connectivity index (χ1n) is 6.13. The minimum Gasteiger partial charge on any atom is -0.457 e. The molecule has 0 atom stereocenters. The number of rotatable bonds is 6. The number of benzene rings is 1. The lowest BCUT2D eigenvalue weighted by Gasteiger charge is -2.04. The zero-order valence-electron chi connectivity index (χ0n) is 11.0. The lowest BCUT2D eigenvalue weighted by Crippen LogP contribution is -2.15. The minimum absolute atomic E-state index is 0.0771. The van der Waals surface area contributed by atoms with E-state index < -0.39 is 11.8 Å². The standard InChI is InChI=1S/C15H12FNO3S/c16-12-6-4-11(5-7-12)13(18)9-20-15(19)10-21-14-3-1-2-8-17-14/h1-8H,9-10H2. The Morgan fingerprint density at radius 3 is 2.57 bits per heavy atom. The quantitative estimate of drug-likeness (QED) is 0.466. The third-order valence-electron chi connectivity index (χ3n) is 2.51. The van der Waals surface area contributed by atoms with Gasteiger partial charge >= 0.3 is 5.97 Å². The number of halogens is 1. The van der Waals surface area contributed by atoms with Gasteiger partial charge in [-0.15, -0.1) is 0 Å². The van der Waals surface area contributed by atoms with E-state index in [-0.39, 0.29) is 18.1 Å². The summed E-state index contributed by atoms with van der Waals surface area (Å²) in [6, 6.07) is 10.5. The number of Topliss-reactive ketones (excluding diaryl/α,β-unsaturated/α-hetero) is 1. The van der Waals surface area contributed by atoms with E-state index in [1.54, 1.807) is 18.3 Å². The predicted octanol–water partition coefficient (Wildman–Crippen LogP) is 2.74. The van der Waals surface area contributed by atoms with Gasteiger partial charge in [0.15, 0.2) is 12.4 Å². The van der Waals surface area contributed by atoms with Crippen LogP contribution in [0, 0.1) is 5.82 Å². The Kier molecular flexibility index (Phi) is 5.45. The summed E-state index contributed by atoms with van der Waals surface area (Å²) in [6.07, 6.45) is 1.63.